The molecule has 0 spiro atoms. The van der Waals surface area contributed by atoms with Gasteiger partial charge < -0.3 is 0 Å². The molecule has 4 heavy (non-hydrogen) atoms. The van der Waals surface area contributed by atoms with Gasteiger partial charge in [-0.3, -0.25) is 0 Å². The van der Waals surface area contributed by atoms with Crippen LogP contribution in [0.1, 0.15) is 0 Å². The van der Waals surface area contributed by atoms with Crippen molar-refractivity contribution in [3.8, 4) is 0 Å². The summed E-state index contributed by atoms with van der Waals surface area (Å²) in [6.45, 7) is 0. The second kappa shape index (κ2) is 17.7. The molecule has 0 aliphatic carbocycles. The summed E-state index contributed by atoms with van der Waals surface area (Å²) in [4.78, 5) is 0. The number of rotatable bonds is 0. The first-order chi connectivity index (χ1) is 0. The van der Waals surface area contributed by atoms with Crippen LogP contribution in [0.4, 0.5) is 0 Å². The largest absolute Gasteiger partial charge is 0 e. The summed E-state index contributed by atoms with van der Waals surface area (Å²) in [5.74, 6) is 0. The molecule has 0 aromatic carbocycles. The third-order valence-electron chi connectivity index (χ3n) is 0. The fourth-order valence-electron chi connectivity index (χ4n) is 0. The summed E-state index contributed by atoms with van der Waals surface area (Å²) in [5, 5.41) is 0. The minimum absolute atomic E-state index is 0. The summed E-state index contributed by atoms with van der Waals surface area (Å²) in [6, 6.07) is 0. The standard InChI is InChI=1S/Ag.Fe.Pb.S. The zero-order valence-electron chi connectivity index (χ0n) is 1.56. The summed E-state index contributed by atoms with van der Waals surface area (Å²) >= 11 is 0. The van der Waals surface area contributed by atoms with E-state index in [9.17, 15) is 0 Å². The van der Waals surface area contributed by atoms with Gasteiger partial charge in [-0.1, -0.05) is 0 Å². The summed E-state index contributed by atoms with van der Waals surface area (Å²) in [5.41, 5.74) is 0. The van der Waals surface area contributed by atoms with Gasteiger partial charge in [0.1, 0.15) is 0 Å². The van der Waals surface area contributed by atoms with Crippen LogP contribution in [-0.4, -0.2) is 27.3 Å². The van der Waals surface area contributed by atoms with Gasteiger partial charge in [-0.05, 0) is 0 Å². The molecule has 0 saturated carbocycles. The van der Waals surface area contributed by atoms with Gasteiger partial charge >= 0.3 is 0 Å². The Bertz CT molecular complexity index is 8.00. The van der Waals surface area contributed by atoms with Gasteiger partial charge in [0.25, 0.3) is 0 Å². The third-order valence-corrected chi connectivity index (χ3v) is 0. The molecule has 0 amide bonds. The first-order valence-electron chi connectivity index (χ1n) is 0. The van der Waals surface area contributed by atoms with Crippen LogP contribution >= 0.6 is 13.5 Å². The molecule has 0 unspecified atom stereocenters. The zero-order chi connectivity index (χ0) is 0. The molecule has 0 aliphatic rings. The van der Waals surface area contributed by atoms with Crippen molar-refractivity contribution in [1.82, 2.24) is 0 Å². The van der Waals surface area contributed by atoms with Crippen LogP contribution in [0.2, 0.25) is 0 Å². The van der Waals surface area contributed by atoms with E-state index in [0.717, 1.165) is 0 Å². The van der Waals surface area contributed by atoms with Gasteiger partial charge in [-0.15, -0.1) is 0 Å². The van der Waals surface area contributed by atoms with Crippen LogP contribution in [-0.2, 0) is 39.4 Å². The quantitative estimate of drug-likeness (QED) is 0.510. The van der Waals surface area contributed by atoms with Crippen molar-refractivity contribution in [3.63, 3.8) is 0 Å². The van der Waals surface area contributed by atoms with E-state index in [2.05, 4.69) is 0 Å². The van der Waals surface area contributed by atoms with E-state index in [0.29, 0.717) is 0 Å². The van der Waals surface area contributed by atoms with Crippen molar-refractivity contribution in [2.45, 2.75) is 0 Å². The van der Waals surface area contributed by atoms with Crippen LogP contribution in [0, 0.1) is 0 Å². The molecule has 29 valence electrons. The first kappa shape index (κ1) is 31.2. The van der Waals surface area contributed by atoms with Crippen molar-refractivity contribution in [3.05, 3.63) is 0 Å². The molecule has 0 rings (SSSR count). The fraction of sp³-hybridized carbons (Fsp3) is 0. The Kier molecular flexibility index (Phi) is 138. The Morgan fingerprint density at radius 2 is 1.00 bits per heavy atom. The molecule has 4 heteroatoms. The zero-order valence-corrected chi connectivity index (χ0v) is 8.85. The Morgan fingerprint density at radius 3 is 1.00 bits per heavy atom. The molecule has 0 bridgehead atoms. The van der Waals surface area contributed by atoms with E-state index in [1.165, 1.54) is 0 Å². The van der Waals surface area contributed by atoms with Gasteiger partial charge in [0, 0.05) is 80.2 Å². The minimum Gasteiger partial charge on any atom is 0 e. The molecule has 0 aromatic rings. The van der Waals surface area contributed by atoms with Gasteiger partial charge in [0.15, 0.2) is 0 Å². The molecule has 0 aliphatic heterocycles. The second-order valence-corrected chi connectivity index (χ2v) is 0. The van der Waals surface area contributed by atoms with Crippen molar-refractivity contribution in [1.29, 1.82) is 0 Å². The maximum absolute atomic E-state index is 0. The molecular weight excluding hydrogens is 403 g/mol. The van der Waals surface area contributed by atoms with Gasteiger partial charge in [0.2, 0.25) is 0 Å². The van der Waals surface area contributed by atoms with E-state index in [-0.39, 0.29) is 80.2 Å². The molecule has 0 fully saturated rings. The van der Waals surface area contributed by atoms with E-state index < -0.39 is 0 Å². The van der Waals surface area contributed by atoms with Gasteiger partial charge in [-0.2, -0.15) is 0 Å². The summed E-state index contributed by atoms with van der Waals surface area (Å²) in [7, 11) is 0. The minimum atomic E-state index is 0. The molecule has 0 aromatic heterocycles. The van der Waals surface area contributed by atoms with Crippen molar-refractivity contribution in [2.75, 3.05) is 0 Å². The van der Waals surface area contributed by atoms with Crippen LogP contribution in [0.3, 0.4) is 0 Å². The average Bonchev–Trinajstić information content (AvgIpc) is 0. The van der Waals surface area contributed by atoms with E-state index in [4.69, 9.17) is 0 Å². The molecule has 0 N–H and O–H groups in total. The normalized spacial score (nSPS) is 0. The number of hydrogen-bond donors (Lipinski definition) is 0. The molecule has 7 radical (unpaired) electrons. The van der Waals surface area contributed by atoms with Gasteiger partial charge in [0.05, 0.1) is 0 Å². The topological polar surface area (TPSA) is 0 Å². The molecule has 0 nitrogen and oxygen atoms in total. The van der Waals surface area contributed by atoms with E-state index in [1.807, 2.05) is 0 Å². The Morgan fingerprint density at radius 1 is 1.00 bits per heavy atom. The molecule has 0 atom stereocenters. The molecule has 0 heterocycles. The maximum Gasteiger partial charge on any atom is 0 e. The molecular formula is AgFePbS. The predicted molar refractivity (Wildman–Crippen MR) is 13.3 cm³/mol. The van der Waals surface area contributed by atoms with Crippen molar-refractivity contribution < 1.29 is 39.4 Å². The predicted octanol–water partition coefficient (Wildman–Crippen LogP) is 0.262. The Hall–Kier alpha value is 2.53. The average molecular weight is 403 g/mol. The summed E-state index contributed by atoms with van der Waals surface area (Å²) < 4.78 is 0. The summed E-state index contributed by atoms with van der Waals surface area (Å²) in [6.07, 6.45) is 0. The Balaban J connectivity index is 0. The smallest absolute Gasteiger partial charge is 0 e. The Labute approximate surface area is 79.1 Å². The first-order valence-corrected chi connectivity index (χ1v) is 0. The third kappa shape index (κ3) is 8.82. The second-order valence-electron chi connectivity index (χ2n) is 0. The fourth-order valence-corrected chi connectivity index (χ4v) is 0. The van der Waals surface area contributed by atoms with Gasteiger partial charge in [-0.25, -0.2) is 0 Å². The number of hydrogen-bond acceptors (Lipinski definition) is 0. The maximum atomic E-state index is 0. The van der Waals surface area contributed by atoms with E-state index in [1.54, 1.807) is 0 Å². The monoisotopic (exact) mass is 403 g/mol. The van der Waals surface area contributed by atoms with Crippen LogP contribution in [0.15, 0.2) is 0 Å². The van der Waals surface area contributed by atoms with Crippen molar-refractivity contribution >= 4 is 40.8 Å². The van der Waals surface area contributed by atoms with Crippen LogP contribution in [0.5, 0.6) is 0 Å². The SMILES string of the molecule is [Ag].[Fe].[Pb].[S]. The van der Waals surface area contributed by atoms with E-state index >= 15 is 0 Å². The van der Waals surface area contributed by atoms with Crippen LogP contribution in [0.25, 0.3) is 0 Å². The van der Waals surface area contributed by atoms with Crippen molar-refractivity contribution in [2.24, 2.45) is 0 Å². The van der Waals surface area contributed by atoms with Crippen LogP contribution < -0.4 is 0 Å². The molecule has 0 saturated heterocycles.